The number of carbonyl (C=O) groups excluding carboxylic acids is 1. The summed E-state index contributed by atoms with van der Waals surface area (Å²) < 4.78 is 11.2. The highest BCUT2D eigenvalue weighted by molar-refractivity contribution is 8.00. The van der Waals surface area contributed by atoms with E-state index in [4.69, 9.17) is 9.47 Å². The Bertz CT molecular complexity index is 589. The first-order chi connectivity index (χ1) is 9.71. The average Bonchev–Trinajstić information content (AvgIpc) is 2.93. The summed E-state index contributed by atoms with van der Waals surface area (Å²) in [6.07, 6.45) is 1.90. The van der Waals surface area contributed by atoms with Gasteiger partial charge in [-0.05, 0) is 18.4 Å². The summed E-state index contributed by atoms with van der Waals surface area (Å²) >= 11 is 2.80. The molecule has 8 heteroatoms. The smallest absolute Gasteiger partial charge is 0.264 e. The Morgan fingerprint density at radius 1 is 1.40 bits per heavy atom. The van der Waals surface area contributed by atoms with Crippen molar-refractivity contribution in [2.75, 3.05) is 25.3 Å². The molecule has 0 fully saturated rings. The van der Waals surface area contributed by atoms with Gasteiger partial charge in [0, 0.05) is 6.07 Å². The van der Waals surface area contributed by atoms with E-state index in [-0.39, 0.29) is 12.5 Å². The Morgan fingerprint density at radius 3 is 2.90 bits per heavy atom. The minimum atomic E-state index is -0.281. The number of amides is 1. The maximum absolute atomic E-state index is 11.7. The minimum absolute atomic E-state index is 0.0959. The lowest BCUT2D eigenvalue weighted by Gasteiger charge is -2.06. The zero-order valence-corrected chi connectivity index (χ0v) is 12.6. The summed E-state index contributed by atoms with van der Waals surface area (Å²) in [7, 11) is 1.57. The normalized spacial score (nSPS) is 10.1. The molecule has 1 heterocycles. The number of thioether (sulfide) groups is 1. The van der Waals surface area contributed by atoms with Gasteiger partial charge in [0.1, 0.15) is 11.5 Å². The van der Waals surface area contributed by atoms with Crippen molar-refractivity contribution in [3.05, 3.63) is 24.3 Å². The number of ether oxygens (including phenoxy) is 2. The van der Waals surface area contributed by atoms with Gasteiger partial charge in [0.05, 0.1) is 7.11 Å². The van der Waals surface area contributed by atoms with Crippen molar-refractivity contribution < 1.29 is 14.3 Å². The second-order valence-corrected chi connectivity index (χ2v) is 5.62. The molecule has 0 spiro atoms. The molecule has 20 heavy (non-hydrogen) atoms. The van der Waals surface area contributed by atoms with Gasteiger partial charge in [-0.1, -0.05) is 29.2 Å². The SMILES string of the molecule is COc1cccc(OCC(=O)Nc2nnc(SC)s2)c1. The molecule has 0 saturated heterocycles. The second-order valence-electron chi connectivity index (χ2n) is 3.59. The molecule has 0 aliphatic heterocycles. The summed E-state index contributed by atoms with van der Waals surface area (Å²) in [5.41, 5.74) is 0. The fourth-order valence-electron chi connectivity index (χ4n) is 1.34. The summed E-state index contributed by atoms with van der Waals surface area (Å²) in [5, 5.41) is 10.8. The largest absolute Gasteiger partial charge is 0.497 e. The molecule has 1 amide bonds. The molecule has 2 aromatic rings. The molecule has 0 aliphatic carbocycles. The van der Waals surface area contributed by atoms with Crippen molar-refractivity contribution in [1.29, 1.82) is 0 Å². The lowest BCUT2D eigenvalue weighted by atomic mass is 10.3. The number of carbonyl (C=O) groups is 1. The molecule has 0 unspecified atom stereocenters. The molecule has 2 rings (SSSR count). The summed E-state index contributed by atoms with van der Waals surface area (Å²) in [6, 6.07) is 7.07. The molecule has 0 radical (unpaired) electrons. The van der Waals surface area contributed by atoms with Crippen LogP contribution in [0.3, 0.4) is 0 Å². The van der Waals surface area contributed by atoms with E-state index < -0.39 is 0 Å². The predicted octanol–water partition coefficient (Wildman–Crippen LogP) is 2.29. The van der Waals surface area contributed by atoms with Gasteiger partial charge in [0.25, 0.3) is 5.91 Å². The third-order valence-corrected chi connectivity index (χ3v) is 4.05. The van der Waals surface area contributed by atoms with Crippen LogP contribution in [0, 0.1) is 0 Å². The van der Waals surface area contributed by atoms with Crippen molar-refractivity contribution >= 4 is 34.1 Å². The van der Waals surface area contributed by atoms with Crippen LogP contribution in [-0.2, 0) is 4.79 Å². The number of rotatable bonds is 6. The van der Waals surface area contributed by atoms with Crippen LogP contribution in [-0.4, -0.2) is 36.1 Å². The number of methoxy groups -OCH3 is 1. The fraction of sp³-hybridized carbons (Fsp3) is 0.250. The topological polar surface area (TPSA) is 73.3 Å². The Morgan fingerprint density at radius 2 is 2.20 bits per heavy atom. The van der Waals surface area contributed by atoms with E-state index in [0.717, 1.165) is 4.34 Å². The van der Waals surface area contributed by atoms with E-state index in [2.05, 4.69) is 15.5 Å². The van der Waals surface area contributed by atoms with Gasteiger partial charge >= 0.3 is 0 Å². The van der Waals surface area contributed by atoms with E-state index >= 15 is 0 Å². The number of aromatic nitrogens is 2. The lowest BCUT2D eigenvalue weighted by Crippen LogP contribution is -2.20. The maximum Gasteiger partial charge on any atom is 0.264 e. The molecule has 1 aromatic carbocycles. The van der Waals surface area contributed by atoms with Crippen molar-refractivity contribution in [2.45, 2.75) is 4.34 Å². The Balaban J connectivity index is 1.85. The Labute approximate surface area is 124 Å². The number of benzene rings is 1. The minimum Gasteiger partial charge on any atom is -0.497 e. The van der Waals surface area contributed by atoms with Crippen LogP contribution in [0.4, 0.5) is 5.13 Å². The predicted molar refractivity (Wildman–Crippen MR) is 78.8 cm³/mol. The highest BCUT2D eigenvalue weighted by atomic mass is 32.2. The summed E-state index contributed by atoms with van der Waals surface area (Å²) in [5.74, 6) is 0.967. The lowest BCUT2D eigenvalue weighted by molar-refractivity contribution is -0.118. The van der Waals surface area contributed by atoms with E-state index in [1.807, 2.05) is 6.26 Å². The average molecular weight is 311 g/mol. The van der Waals surface area contributed by atoms with Crippen LogP contribution in [0.2, 0.25) is 0 Å². The van der Waals surface area contributed by atoms with E-state index in [9.17, 15) is 4.79 Å². The molecular formula is C12H13N3O3S2. The van der Waals surface area contributed by atoms with Gasteiger partial charge in [-0.2, -0.15) is 0 Å². The van der Waals surface area contributed by atoms with Gasteiger partial charge in [-0.3, -0.25) is 10.1 Å². The highest BCUT2D eigenvalue weighted by Gasteiger charge is 2.08. The number of hydrogen-bond donors (Lipinski definition) is 1. The standard InChI is InChI=1S/C12H13N3O3S2/c1-17-8-4-3-5-9(6-8)18-7-10(16)13-11-14-15-12(19-2)20-11/h3-6H,7H2,1-2H3,(H,13,14,16). The molecule has 0 atom stereocenters. The Hall–Kier alpha value is -1.80. The van der Waals surface area contributed by atoms with Gasteiger partial charge in [-0.25, -0.2) is 0 Å². The number of anilines is 1. The van der Waals surface area contributed by atoms with Gasteiger partial charge in [0.15, 0.2) is 10.9 Å². The van der Waals surface area contributed by atoms with Crippen LogP contribution in [0.25, 0.3) is 0 Å². The molecule has 1 N–H and O–H groups in total. The molecule has 0 bridgehead atoms. The van der Waals surface area contributed by atoms with Gasteiger partial charge < -0.3 is 9.47 Å². The molecule has 0 saturated carbocycles. The summed E-state index contributed by atoms with van der Waals surface area (Å²) in [4.78, 5) is 11.7. The van der Waals surface area contributed by atoms with Crippen molar-refractivity contribution in [2.24, 2.45) is 0 Å². The van der Waals surface area contributed by atoms with E-state index in [1.54, 1.807) is 31.4 Å². The van der Waals surface area contributed by atoms with Crippen LogP contribution in [0.15, 0.2) is 28.6 Å². The van der Waals surface area contributed by atoms with E-state index in [0.29, 0.717) is 16.6 Å². The maximum atomic E-state index is 11.7. The summed E-state index contributed by atoms with van der Waals surface area (Å²) in [6.45, 7) is -0.0959. The van der Waals surface area contributed by atoms with Crippen LogP contribution in [0.1, 0.15) is 0 Å². The second kappa shape index (κ2) is 7.11. The first-order valence-corrected chi connectivity index (χ1v) is 7.69. The van der Waals surface area contributed by atoms with Crippen LogP contribution in [0.5, 0.6) is 11.5 Å². The fourth-order valence-corrected chi connectivity index (χ4v) is 2.52. The third-order valence-electron chi connectivity index (χ3n) is 2.24. The zero-order chi connectivity index (χ0) is 14.4. The number of nitrogens with zero attached hydrogens (tertiary/aromatic N) is 2. The van der Waals surface area contributed by atoms with Crippen molar-refractivity contribution in [3.8, 4) is 11.5 Å². The van der Waals surface area contributed by atoms with Crippen molar-refractivity contribution in [3.63, 3.8) is 0 Å². The monoisotopic (exact) mass is 311 g/mol. The van der Waals surface area contributed by atoms with Crippen molar-refractivity contribution in [1.82, 2.24) is 10.2 Å². The van der Waals surface area contributed by atoms with E-state index in [1.165, 1.54) is 23.1 Å². The zero-order valence-electron chi connectivity index (χ0n) is 11.0. The molecule has 1 aromatic heterocycles. The van der Waals surface area contributed by atoms with Gasteiger partial charge in [0.2, 0.25) is 5.13 Å². The Kier molecular flexibility index (Phi) is 5.19. The van der Waals surface area contributed by atoms with Crippen LogP contribution >= 0.6 is 23.1 Å². The number of hydrogen-bond acceptors (Lipinski definition) is 7. The third kappa shape index (κ3) is 4.10. The molecular weight excluding hydrogens is 298 g/mol. The molecule has 0 aliphatic rings. The van der Waals surface area contributed by atoms with Crippen LogP contribution < -0.4 is 14.8 Å². The quantitative estimate of drug-likeness (QED) is 0.652. The highest BCUT2D eigenvalue weighted by Crippen LogP contribution is 2.23. The molecule has 6 nitrogen and oxygen atoms in total. The van der Waals surface area contributed by atoms with Gasteiger partial charge in [-0.15, -0.1) is 10.2 Å². The first-order valence-electron chi connectivity index (χ1n) is 5.65. The number of nitrogens with one attached hydrogen (secondary N) is 1. The first kappa shape index (κ1) is 14.6. The molecule has 106 valence electrons.